The molecule has 0 fully saturated rings. The molecule has 100 valence electrons. The van der Waals surface area contributed by atoms with Crippen molar-refractivity contribution in [3.05, 3.63) is 41.5 Å². The second-order valence-electron chi connectivity index (χ2n) is 4.32. The van der Waals surface area contributed by atoms with E-state index in [-0.39, 0.29) is 18.1 Å². The Balaban J connectivity index is 1.96. The van der Waals surface area contributed by atoms with Crippen LogP contribution in [0.15, 0.2) is 28.8 Å². The van der Waals surface area contributed by atoms with Crippen LogP contribution in [0.4, 0.5) is 0 Å². The molecule has 19 heavy (non-hydrogen) atoms. The molecule has 0 spiro atoms. The van der Waals surface area contributed by atoms with Crippen LogP contribution >= 0.6 is 0 Å². The monoisotopic (exact) mass is 262 g/mol. The average Bonchev–Trinajstić information content (AvgIpc) is 2.86. The number of ether oxygens (including phenoxy) is 1. The number of carbonyl (C=O) groups is 1. The molecule has 0 aliphatic carbocycles. The van der Waals surface area contributed by atoms with E-state index in [4.69, 9.17) is 14.4 Å². The second-order valence-corrected chi connectivity index (χ2v) is 4.32. The Hall–Kier alpha value is -2.37. The summed E-state index contributed by atoms with van der Waals surface area (Å²) in [5.74, 6) is 0.817. The molecule has 1 aromatic heterocycles. The molecule has 1 heterocycles. The van der Waals surface area contributed by atoms with Crippen molar-refractivity contribution in [3.63, 3.8) is 0 Å². The smallest absolute Gasteiger partial charge is 0.335 e. The number of nitrogens with zero attached hydrogens (tertiary/aromatic N) is 2. The molecule has 0 unspecified atom stereocenters. The van der Waals surface area contributed by atoms with E-state index in [2.05, 4.69) is 10.1 Å². The molecule has 0 amide bonds. The molecule has 1 aromatic carbocycles. The topological polar surface area (TPSA) is 85.5 Å². The van der Waals surface area contributed by atoms with E-state index in [0.29, 0.717) is 17.5 Å². The van der Waals surface area contributed by atoms with E-state index in [9.17, 15) is 4.79 Å². The highest BCUT2D eigenvalue weighted by molar-refractivity contribution is 5.87. The predicted octanol–water partition coefficient (Wildman–Crippen LogP) is 2.47. The molecular weight excluding hydrogens is 248 g/mol. The van der Waals surface area contributed by atoms with Crippen molar-refractivity contribution in [1.82, 2.24) is 10.1 Å². The Kier molecular flexibility index (Phi) is 3.79. The van der Waals surface area contributed by atoms with E-state index in [0.717, 1.165) is 0 Å². The molecule has 0 saturated heterocycles. The third-order valence-electron chi connectivity index (χ3n) is 2.46. The molecular formula is C13H14N2O4. The maximum Gasteiger partial charge on any atom is 0.335 e. The minimum Gasteiger partial charge on any atom is -0.484 e. The fourth-order valence-electron chi connectivity index (χ4n) is 1.40. The first-order chi connectivity index (χ1) is 9.06. The molecule has 6 heteroatoms. The summed E-state index contributed by atoms with van der Waals surface area (Å²) in [7, 11) is 0. The number of aromatic carboxylic acids is 1. The normalized spacial score (nSPS) is 10.7. The lowest BCUT2D eigenvalue weighted by atomic mass is 10.2. The van der Waals surface area contributed by atoms with Crippen molar-refractivity contribution in [3.8, 4) is 5.75 Å². The van der Waals surface area contributed by atoms with Gasteiger partial charge in [-0.05, 0) is 24.3 Å². The molecule has 0 aliphatic heterocycles. The van der Waals surface area contributed by atoms with Gasteiger partial charge in [-0.2, -0.15) is 4.98 Å². The minimum absolute atomic E-state index is 0.159. The van der Waals surface area contributed by atoms with Gasteiger partial charge in [0.15, 0.2) is 12.4 Å². The number of hydrogen-bond acceptors (Lipinski definition) is 5. The first-order valence-electron chi connectivity index (χ1n) is 5.85. The van der Waals surface area contributed by atoms with Crippen LogP contribution in [-0.4, -0.2) is 21.2 Å². The van der Waals surface area contributed by atoms with Gasteiger partial charge in [-0.25, -0.2) is 4.79 Å². The van der Waals surface area contributed by atoms with Gasteiger partial charge >= 0.3 is 5.97 Å². The van der Waals surface area contributed by atoms with Crippen LogP contribution in [0.3, 0.4) is 0 Å². The van der Waals surface area contributed by atoms with Gasteiger partial charge < -0.3 is 14.4 Å². The lowest BCUT2D eigenvalue weighted by Gasteiger charge is -2.03. The lowest BCUT2D eigenvalue weighted by Crippen LogP contribution is -1.98. The Morgan fingerprint density at radius 3 is 2.58 bits per heavy atom. The number of hydrogen-bond donors (Lipinski definition) is 1. The SMILES string of the molecule is CC(C)c1noc(COc2ccc(C(=O)O)cc2)n1. The molecule has 0 atom stereocenters. The maximum atomic E-state index is 10.7. The van der Waals surface area contributed by atoms with Crippen LogP contribution in [0, 0.1) is 0 Å². The molecule has 6 nitrogen and oxygen atoms in total. The number of carboxylic acids is 1. The highest BCUT2D eigenvalue weighted by Gasteiger charge is 2.10. The Labute approximate surface area is 110 Å². The zero-order valence-corrected chi connectivity index (χ0v) is 10.7. The fourth-order valence-corrected chi connectivity index (χ4v) is 1.40. The van der Waals surface area contributed by atoms with Gasteiger partial charge in [0.25, 0.3) is 5.89 Å². The molecule has 0 saturated carbocycles. The third-order valence-corrected chi connectivity index (χ3v) is 2.46. The van der Waals surface area contributed by atoms with Gasteiger partial charge in [0.2, 0.25) is 0 Å². The van der Waals surface area contributed by atoms with Gasteiger partial charge in [0.05, 0.1) is 5.56 Å². The summed E-state index contributed by atoms with van der Waals surface area (Å²) in [6.45, 7) is 4.10. The number of benzene rings is 1. The maximum absolute atomic E-state index is 10.7. The zero-order chi connectivity index (χ0) is 13.8. The summed E-state index contributed by atoms with van der Waals surface area (Å²) in [4.78, 5) is 14.9. The molecule has 0 aliphatic rings. The summed E-state index contributed by atoms with van der Waals surface area (Å²) in [6, 6.07) is 6.13. The molecule has 0 radical (unpaired) electrons. The van der Waals surface area contributed by atoms with E-state index in [1.807, 2.05) is 13.8 Å². The summed E-state index contributed by atoms with van der Waals surface area (Å²) in [6.07, 6.45) is 0. The van der Waals surface area contributed by atoms with E-state index in [1.54, 1.807) is 12.1 Å². The van der Waals surface area contributed by atoms with E-state index in [1.165, 1.54) is 12.1 Å². The van der Waals surface area contributed by atoms with Crippen molar-refractivity contribution in [1.29, 1.82) is 0 Å². The zero-order valence-electron chi connectivity index (χ0n) is 10.7. The summed E-state index contributed by atoms with van der Waals surface area (Å²) in [5.41, 5.74) is 0.215. The van der Waals surface area contributed by atoms with Crippen LogP contribution in [-0.2, 0) is 6.61 Å². The van der Waals surface area contributed by atoms with Crippen molar-refractivity contribution < 1.29 is 19.2 Å². The van der Waals surface area contributed by atoms with Gasteiger partial charge in [-0.15, -0.1) is 0 Å². The van der Waals surface area contributed by atoms with E-state index >= 15 is 0 Å². The first-order valence-corrected chi connectivity index (χ1v) is 5.85. The first kappa shape index (κ1) is 13.1. The average molecular weight is 262 g/mol. The van der Waals surface area contributed by atoms with Crippen LogP contribution in [0.25, 0.3) is 0 Å². The summed E-state index contributed by atoms with van der Waals surface area (Å²) >= 11 is 0. The minimum atomic E-state index is -0.968. The van der Waals surface area contributed by atoms with Crippen LogP contribution in [0.2, 0.25) is 0 Å². The van der Waals surface area contributed by atoms with Gasteiger partial charge in [0.1, 0.15) is 5.75 Å². The highest BCUT2D eigenvalue weighted by Crippen LogP contribution is 2.15. The van der Waals surface area contributed by atoms with Crippen LogP contribution < -0.4 is 4.74 Å². The fraction of sp³-hybridized carbons (Fsp3) is 0.308. The highest BCUT2D eigenvalue weighted by atomic mass is 16.5. The van der Waals surface area contributed by atoms with E-state index < -0.39 is 5.97 Å². The predicted molar refractivity (Wildman–Crippen MR) is 66.1 cm³/mol. The molecule has 1 N–H and O–H groups in total. The number of aromatic nitrogens is 2. The van der Waals surface area contributed by atoms with Gasteiger partial charge in [-0.1, -0.05) is 19.0 Å². The molecule has 2 aromatic rings. The molecule has 0 bridgehead atoms. The van der Waals surface area contributed by atoms with Crippen molar-refractivity contribution in [2.75, 3.05) is 0 Å². The second kappa shape index (κ2) is 5.51. The Morgan fingerprint density at radius 1 is 1.37 bits per heavy atom. The standard InChI is InChI=1S/C13H14N2O4/c1-8(2)12-14-11(19-15-12)7-18-10-5-3-9(4-6-10)13(16)17/h3-6,8H,7H2,1-2H3,(H,16,17). The lowest BCUT2D eigenvalue weighted by molar-refractivity contribution is 0.0697. The largest absolute Gasteiger partial charge is 0.484 e. The third kappa shape index (κ3) is 3.31. The van der Waals surface area contributed by atoms with Crippen LogP contribution in [0.1, 0.15) is 41.8 Å². The molecule has 2 rings (SSSR count). The number of rotatable bonds is 5. The van der Waals surface area contributed by atoms with Crippen molar-refractivity contribution >= 4 is 5.97 Å². The van der Waals surface area contributed by atoms with Crippen LogP contribution in [0.5, 0.6) is 5.75 Å². The Bertz CT molecular complexity index is 560. The summed E-state index contributed by atoms with van der Waals surface area (Å²) in [5, 5.41) is 12.6. The quantitative estimate of drug-likeness (QED) is 0.890. The summed E-state index contributed by atoms with van der Waals surface area (Å²) < 4.78 is 10.5. The van der Waals surface area contributed by atoms with Gasteiger partial charge in [0, 0.05) is 5.92 Å². The van der Waals surface area contributed by atoms with Gasteiger partial charge in [-0.3, -0.25) is 0 Å². The van der Waals surface area contributed by atoms with Crippen molar-refractivity contribution in [2.24, 2.45) is 0 Å². The van der Waals surface area contributed by atoms with Crippen molar-refractivity contribution in [2.45, 2.75) is 26.4 Å². The number of carboxylic acid groups (broad SMARTS) is 1. The Morgan fingerprint density at radius 2 is 2.05 bits per heavy atom.